The monoisotopic (exact) mass is 286 g/mol. The molecular weight excluding hydrogens is 268 g/mol. The average molecular weight is 286 g/mol. The molecule has 1 saturated carbocycles. The van der Waals surface area contributed by atoms with Gasteiger partial charge < -0.3 is 10.1 Å². The third-order valence-corrected chi connectivity index (χ3v) is 5.15. The van der Waals surface area contributed by atoms with E-state index in [9.17, 15) is 4.79 Å². The molecule has 1 aliphatic rings. The van der Waals surface area contributed by atoms with Crippen molar-refractivity contribution in [1.29, 1.82) is 0 Å². The van der Waals surface area contributed by atoms with Gasteiger partial charge in [0, 0.05) is 16.7 Å². The van der Waals surface area contributed by atoms with E-state index < -0.39 is 0 Å². The van der Waals surface area contributed by atoms with Crippen LogP contribution in [-0.4, -0.2) is 35.6 Å². The van der Waals surface area contributed by atoms with Gasteiger partial charge in [0.1, 0.15) is 0 Å². The fourth-order valence-electron chi connectivity index (χ4n) is 2.16. The first-order valence-corrected chi connectivity index (χ1v) is 8.23. The number of aromatic nitrogens is 1. The molecule has 0 unspecified atom stereocenters. The Morgan fingerprint density at radius 2 is 2.22 bits per heavy atom. The van der Waals surface area contributed by atoms with Crippen LogP contribution in [0.5, 0.6) is 0 Å². The Morgan fingerprint density at radius 3 is 2.83 bits per heavy atom. The fraction of sp³-hybridized carbons (Fsp3) is 0.667. The molecule has 100 valence electrons. The van der Waals surface area contributed by atoms with Gasteiger partial charge in [0.05, 0.1) is 7.11 Å². The van der Waals surface area contributed by atoms with Crippen LogP contribution in [0.15, 0.2) is 5.38 Å². The number of nitrogens with one attached hydrogen (secondary N) is 1. The molecule has 1 aromatic heterocycles. The number of nitrogens with zero attached hydrogens (tertiary/aromatic N) is 1. The van der Waals surface area contributed by atoms with E-state index in [0.717, 1.165) is 10.4 Å². The smallest absolute Gasteiger partial charge is 0.357 e. The predicted octanol–water partition coefficient (Wildman–Crippen LogP) is 3.02. The van der Waals surface area contributed by atoms with Gasteiger partial charge in [-0.2, -0.15) is 11.8 Å². The molecule has 18 heavy (non-hydrogen) atoms. The average Bonchev–Trinajstić information content (AvgIpc) is 2.87. The number of thioether (sulfide) groups is 1. The number of carbonyl (C=O) groups is 1. The Morgan fingerprint density at radius 1 is 1.50 bits per heavy atom. The zero-order chi connectivity index (χ0) is 13.0. The van der Waals surface area contributed by atoms with Crippen molar-refractivity contribution in [1.82, 2.24) is 4.98 Å². The maximum absolute atomic E-state index is 11.3. The van der Waals surface area contributed by atoms with Gasteiger partial charge in [-0.1, -0.05) is 0 Å². The minimum Gasteiger partial charge on any atom is -0.464 e. The number of rotatable bonds is 4. The van der Waals surface area contributed by atoms with E-state index in [4.69, 9.17) is 0 Å². The summed E-state index contributed by atoms with van der Waals surface area (Å²) in [6.07, 6.45) is 7.06. The van der Waals surface area contributed by atoms with Gasteiger partial charge in [0.15, 0.2) is 10.8 Å². The van der Waals surface area contributed by atoms with Crippen molar-refractivity contribution in [3.05, 3.63) is 11.1 Å². The molecule has 0 aromatic carbocycles. The molecule has 0 bridgehead atoms. The molecule has 6 heteroatoms. The number of carbonyl (C=O) groups excluding carboxylic acids is 1. The highest BCUT2D eigenvalue weighted by Gasteiger charge is 2.21. The van der Waals surface area contributed by atoms with Crippen LogP contribution in [0.3, 0.4) is 0 Å². The Kier molecular flexibility index (Phi) is 4.88. The number of hydrogen-bond donors (Lipinski definition) is 1. The molecule has 0 atom stereocenters. The summed E-state index contributed by atoms with van der Waals surface area (Å²) >= 11 is 3.43. The van der Waals surface area contributed by atoms with Gasteiger partial charge in [-0.25, -0.2) is 9.78 Å². The summed E-state index contributed by atoms with van der Waals surface area (Å²) in [5.74, 6) is -0.370. The number of thiazole rings is 1. The van der Waals surface area contributed by atoms with Crippen LogP contribution in [0.2, 0.25) is 0 Å². The molecule has 0 aliphatic heterocycles. The maximum atomic E-state index is 11.3. The first-order chi connectivity index (χ1) is 8.72. The second-order valence-corrected chi connectivity index (χ2v) is 6.38. The summed E-state index contributed by atoms with van der Waals surface area (Å²) in [6, 6.07) is 0.491. The summed E-state index contributed by atoms with van der Waals surface area (Å²) in [4.78, 5) is 15.5. The second kappa shape index (κ2) is 6.43. The van der Waals surface area contributed by atoms with Crippen LogP contribution >= 0.6 is 23.1 Å². The molecule has 1 aliphatic carbocycles. The Hall–Kier alpha value is -0.750. The zero-order valence-corrected chi connectivity index (χ0v) is 12.3. The topological polar surface area (TPSA) is 51.2 Å². The lowest BCUT2D eigenvalue weighted by Gasteiger charge is -2.27. The van der Waals surface area contributed by atoms with Crippen molar-refractivity contribution in [3.63, 3.8) is 0 Å². The molecule has 0 amide bonds. The van der Waals surface area contributed by atoms with E-state index in [1.165, 1.54) is 44.1 Å². The Bertz CT molecular complexity index is 401. The normalized spacial score (nSPS) is 23.7. The van der Waals surface area contributed by atoms with Crippen LogP contribution in [0.1, 0.15) is 36.2 Å². The van der Waals surface area contributed by atoms with E-state index in [1.54, 1.807) is 5.38 Å². The molecule has 1 aromatic rings. The zero-order valence-electron chi connectivity index (χ0n) is 10.6. The van der Waals surface area contributed by atoms with Gasteiger partial charge in [0.2, 0.25) is 0 Å². The van der Waals surface area contributed by atoms with Crippen molar-refractivity contribution in [2.45, 2.75) is 37.0 Å². The molecule has 2 rings (SSSR count). The lowest BCUT2D eigenvalue weighted by Crippen LogP contribution is -2.27. The molecular formula is C12H18N2O2S2. The number of ether oxygens (including phenoxy) is 1. The minimum absolute atomic E-state index is 0.370. The van der Waals surface area contributed by atoms with Crippen molar-refractivity contribution in [2.24, 2.45) is 0 Å². The van der Waals surface area contributed by atoms with Crippen molar-refractivity contribution in [2.75, 3.05) is 18.7 Å². The maximum Gasteiger partial charge on any atom is 0.357 e. The second-order valence-electron chi connectivity index (χ2n) is 4.38. The highest BCUT2D eigenvalue weighted by atomic mass is 32.2. The Balaban J connectivity index is 1.86. The van der Waals surface area contributed by atoms with Crippen LogP contribution in [-0.2, 0) is 4.74 Å². The standard InChI is InChI=1S/C12H18N2O2S2/c1-16-11(15)10-7-18-12(14-10)13-8-3-5-9(17-2)6-4-8/h7-9H,3-6H2,1-2H3,(H,13,14). The first-order valence-electron chi connectivity index (χ1n) is 6.06. The lowest BCUT2D eigenvalue weighted by atomic mass is 9.95. The molecule has 4 nitrogen and oxygen atoms in total. The summed E-state index contributed by atoms with van der Waals surface area (Å²) in [7, 11) is 1.37. The van der Waals surface area contributed by atoms with Crippen LogP contribution < -0.4 is 5.32 Å². The van der Waals surface area contributed by atoms with Gasteiger partial charge in [-0.15, -0.1) is 11.3 Å². The first kappa shape index (κ1) is 13.7. The quantitative estimate of drug-likeness (QED) is 0.862. The van der Waals surface area contributed by atoms with Crippen molar-refractivity contribution >= 4 is 34.2 Å². The van der Waals surface area contributed by atoms with Gasteiger partial charge in [-0.05, 0) is 31.9 Å². The van der Waals surface area contributed by atoms with E-state index in [1.807, 2.05) is 11.8 Å². The Labute approximate surface area is 116 Å². The molecule has 1 fully saturated rings. The van der Waals surface area contributed by atoms with E-state index >= 15 is 0 Å². The molecule has 0 spiro atoms. The third-order valence-electron chi connectivity index (χ3n) is 3.23. The number of anilines is 1. The van der Waals surface area contributed by atoms with Crippen molar-refractivity contribution < 1.29 is 9.53 Å². The lowest BCUT2D eigenvalue weighted by molar-refractivity contribution is 0.0595. The van der Waals surface area contributed by atoms with Crippen LogP contribution in [0, 0.1) is 0 Å². The van der Waals surface area contributed by atoms with Gasteiger partial charge in [-0.3, -0.25) is 0 Å². The minimum atomic E-state index is -0.370. The van der Waals surface area contributed by atoms with E-state index in [2.05, 4.69) is 21.3 Å². The predicted molar refractivity (Wildman–Crippen MR) is 76.6 cm³/mol. The van der Waals surface area contributed by atoms with E-state index in [0.29, 0.717) is 11.7 Å². The number of methoxy groups -OCH3 is 1. The third kappa shape index (κ3) is 3.38. The van der Waals surface area contributed by atoms with Crippen molar-refractivity contribution in [3.8, 4) is 0 Å². The molecule has 0 saturated heterocycles. The highest BCUT2D eigenvalue weighted by molar-refractivity contribution is 7.99. The summed E-state index contributed by atoms with van der Waals surface area (Å²) in [5.41, 5.74) is 0.391. The summed E-state index contributed by atoms with van der Waals surface area (Å²) < 4.78 is 4.64. The molecule has 1 heterocycles. The van der Waals surface area contributed by atoms with Gasteiger partial charge in [0.25, 0.3) is 0 Å². The SMILES string of the molecule is COC(=O)c1csc(NC2CCC(SC)CC2)n1. The summed E-state index contributed by atoms with van der Waals surface area (Å²) in [6.45, 7) is 0. The van der Waals surface area contributed by atoms with Gasteiger partial charge >= 0.3 is 5.97 Å². The fourth-order valence-corrected chi connectivity index (χ4v) is 3.66. The number of esters is 1. The summed E-state index contributed by atoms with van der Waals surface area (Å²) in [5, 5.41) is 6.79. The highest BCUT2D eigenvalue weighted by Crippen LogP contribution is 2.29. The number of hydrogen-bond acceptors (Lipinski definition) is 6. The van der Waals surface area contributed by atoms with Crippen LogP contribution in [0.4, 0.5) is 5.13 Å². The van der Waals surface area contributed by atoms with Crippen LogP contribution in [0.25, 0.3) is 0 Å². The largest absolute Gasteiger partial charge is 0.464 e. The molecule has 1 N–H and O–H groups in total. The molecule has 0 radical (unpaired) electrons. The van der Waals surface area contributed by atoms with E-state index in [-0.39, 0.29) is 5.97 Å².